The second kappa shape index (κ2) is 10.9. The van der Waals surface area contributed by atoms with Crippen molar-refractivity contribution in [2.75, 3.05) is 0 Å². The number of fused-ring (bicyclic) bond motifs is 10. The maximum atomic E-state index is 2.48. The number of rotatable bonds is 3. The van der Waals surface area contributed by atoms with Crippen molar-refractivity contribution < 1.29 is 0 Å². The second-order valence-corrected chi connectivity index (χ2v) is 15.3. The Labute approximate surface area is 297 Å². The van der Waals surface area contributed by atoms with Crippen molar-refractivity contribution >= 4 is 95.3 Å². The van der Waals surface area contributed by atoms with E-state index < -0.39 is 0 Å². The molecule has 50 heavy (non-hydrogen) atoms. The van der Waals surface area contributed by atoms with E-state index in [4.69, 9.17) is 0 Å². The van der Waals surface area contributed by atoms with Crippen molar-refractivity contribution in [3.8, 4) is 33.4 Å². The Morgan fingerprint density at radius 1 is 0.300 bits per heavy atom. The number of hydrogen-bond acceptors (Lipinski definition) is 2. The van der Waals surface area contributed by atoms with Gasteiger partial charge in [-0.3, -0.25) is 0 Å². The van der Waals surface area contributed by atoms with E-state index in [0.29, 0.717) is 0 Å². The standard InChI is InChI=1S/C48H28S2/c1-2-14-29(15-3-1)44-33-18-6-8-20-35(33)45(36-21-9-7-19-34(36)44)40-27-31(26-30-16-4-5-17-32(30)40)39-28-43-46(37-22-10-12-24-41(37)49-43)47-38-23-11-13-25-42(38)50-48(39)47/h1-28H. The molecule has 2 aromatic heterocycles. The molecule has 11 aromatic rings. The molecule has 0 atom stereocenters. The topological polar surface area (TPSA) is 0 Å². The summed E-state index contributed by atoms with van der Waals surface area (Å²) in [5.41, 5.74) is 7.68. The summed E-state index contributed by atoms with van der Waals surface area (Å²) in [5, 5.41) is 13.1. The van der Waals surface area contributed by atoms with E-state index in [1.807, 2.05) is 22.7 Å². The Kier molecular flexibility index (Phi) is 6.09. The summed E-state index contributed by atoms with van der Waals surface area (Å²) in [6, 6.07) is 63.0. The van der Waals surface area contributed by atoms with Crippen LogP contribution in [0.25, 0.3) is 106 Å². The molecule has 232 valence electrons. The monoisotopic (exact) mass is 668 g/mol. The Morgan fingerprint density at radius 2 is 0.820 bits per heavy atom. The summed E-state index contributed by atoms with van der Waals surface area (Å²) in [6.45, 7) is 0. The van der Waals surface area contributed by atoms with E-state index in [9.17, 15) is 0 Å². The zero-order chi connectivity index (χ0) is 32.8. The lowest BCUT2D eigenvalue weighted by molar-refractivity contribution is 1.66. The highest BCUT2D eigenvalue weighted by Crippen LogP contribution is 2.51. The fourth-order valence-electron chi connectivity index (χ4n) is 8.33. The van der Waals surface area contributed by atoms with Crippen molar-refractivity contribution in [2.24, 2.45) is 0 Å². The Balaban J connectivity index is 1.29. The first-order valence-electron chi connectivity index (χ1n) is 17.1. The van der Waals surface area contributed by atoms with Crippen LogP contribution >= 0.6 is 22.7 Å². The third-order valence-electron chi connectivity index (χ3n) is 10.4. The maximum Gasteiger partial charge on any atom is 0.0441 e. The van der Waals surface area contributed by atoms with Crippen LogP contribution in [-0.2, 0) is 0 Å². The average molecular weight is 669 g/mol. The highest BCUT2D eigenvalue weighted by molar-refractivity contribution is 7.28. The van der Waals surface area contributed by atoms with Crippen LogP contribution in [0.3, 0.4) is 0 Å². The third-order valence-corrected chi connectivity index (χ3v) is 12.7. The minimum absolute atomic E-state index is 1.24. The first kappa shape index (κ1) is 28.1. The van der Waals surface area contributed by atoms with Crippen LogP contribution in [-0.4, -0.2) is 0 Å². The Hall–Kier alpha value is -5.80. The van der Waals surface area contributed by atoms with Crippen LogP contribution < -0.4 is 0 Å². The minimum atomic E-state index is 1.24. The van der Waals surface area contributed by atoms with Gasteiger partial charge >= 0.3 is 0 Å². The zero-order valence-electron chi connectivity index (χ0n) is 27.0. The summed E-state index contributed by atoms with van der Waals surface area (Å²) < 4.78 is 5.38. The van der Waals surface area contributed by atoms with Crippen LogP contribution in [0, 0.1) is 0 Å². The lowest BCUT2D eigenvalue weighted by Gasteiger charge is -2.20. The molecule has 2 heteroatoms. The van der Waals surface area contributed by atoms with Crippen LogP contribution in [0.4, 0.5) is 0 Å². The largest absolute Gasteiger partial charge is 0.135 e. The van der Waals surface area contributed by atoms with Gasteiger partial charge < -0.3 is 0 Å². The average Bonchev–Trinajstić information content (AvgIpc) is 3.75. The van der Waals surface area contributed by atoms with Gasteiger partial charge in [-0.05, 0) is 90.5 Å². The van der Waals surface area contributed by atoms with E-state index in [2.05, 4.69) is 170 Å². The summed E-state index contributed by atoms with van der Waals surface area (Å²) in [6.07, 6.45) is 0. The highest BCUT2D eigenvalue weighted by Gasteiger charge is 2.21. The maximum absolute atomic E-state index is 2.48. The molecule has 9 aromatic carbocycles. The highest BCUT2D eigenvalue weighted by atomic mass is 32.1. The van der Waals surface area contributed by atoms with E-state index in [1.54, 1.807) is 0 Å². The van der Waals surface area contributed by atoms with E-state index >= 15 is 0 Å². The van der Waals surface area contributed by atoms with Crippen molar-refractivity contribution in [3.05, 3.63) is 170 Å². The van der Waals surface area contributed by atoms with Gasteiger partial charge in [-0.1, -0.05) is 140 Å². The lowest BCUT2D eigenvalue weighted by Crippen LogP contribution is -1.92. The molecule has 0 saturated heterocycles. The smallest absolute Gasteiger partial charge is 0.0441 e. The van der Waals surface area contributed by atoms with Crippen LogP contribution in [0.2, 0.25) is 0 Å². The van der Waals surface area contributed by atoms with Gasteiger partial charge in [-0.15, -0.1) is 22.7 Å². The van der Waals surface area contributed by atoms with Gasteiger partial charge in [0.15, 0.2) is 0 Å². The predicted molar refractivity (Wildman–Crippen MR) is 221 cm³/mol. The molecule has 0 radical (unpaired) electrons. The number of hydrogen-bond donors (Lipinski definition) is 0. The normalized spacial score (nSPS) is 12.0. The van der Waals surface area contributed by atoms with Gasteiger partial charge in [0.25, 0.3) is 0 Å². The molecule has 0 aliphatic heterocycles. The van der Waals surface area contributed by atoms with E-state index in [0.717, 1.165) is 0 Å². The Morgan fingerprint density at radius 3 is 1.50 bits per heavy atom. The third kappa shape index (κ3) is 4.04. The van der Waals surface area contributed by atoms with E-state index in [-0.39, 0.29) is 0 Å². The first-order valence-corrected chi connectivity index (χ1v) is 18.7. The molecule has 0 spiro atoms. The van der Waals surface area contributed by atoms with E-state index in [1.165, 1.54) is 106 Å². The molecule has 0 saturated carbocycles. The summed E-state index contributed by atoms with van der Waals surface area (Å²) in [7, 11) is 0. The molecule has 11 rings (SSSR count). The summed E-state index contributed by atoms with van der Waals surface area (Å²) in [5.74, 6) is 0. The van der Waals surface area contributed by atoms with Gasteiger partial charge in [0.1, 0.15) is 0 Å². The molecule has 0 unspecified atom stereocenters. The summed E-state index contributed by atoms with van der Waals surface area (Å²) >= 11 is 3.84. The predicted octanol–water partition coefficient (Wildman–Crippen LogP) is 14.9. The molecule has 0 nitrogen and oxygen atoms in total. The minimum Gasteiger partial charge on any atom is -0.135 e. The Bertz CT molecular complexity index is 3080. The van der Waals surface area contributed by atoms with Crippen molar-refractivity contribution in [1.29, 1.82) is 0 Å². The lowest BCUT2D eigenvalue weighted by atomic mass is 9.83. The molecular formula is C48H28S2. The SMILES string of the molecule is c1ccc(-c2c3ccccc3c(-c3cc(-c4cc5sc6ccccc6c5c5c4sc4ccccc45)cc4ccccc34)c3ccccc23)cc1. The first-order chi connectivity index (χ1) is 24.8. The quantitative estimate of drug-likeness (QED) is 0.164. The molecular weight excluding hydrogens is 641 g/mol. The van der Waals surface area contributed by atoms with Crippen molar-refractivity contribution in [1.82, 2.24) is 0 Å². The van der Waals surface area contributed by atoms with Crippen LogP contribution in [0.1, 0.15) is 0 Å². The van der Waals surface area contributed by atoms with Gasteiger partial charge in [0.2, 0.25) is 0 Å². The fourth-order valence-corrected chi connectivity index (χ4v) is 10.7. The number of thiophene rings is 2. The van der Waals surface area contributed by atoms with Crippen LogP contribution in [0.5, 0.6) is 0 Å². The van der Waals surface area contributed by atoms with Gasteiger partial charge in [0, 0.05) is 45.9 Å². The number of benzene rings is 9. The van der Waals surface area contributed by atoms with Crippen molar-refractivity contribution in [2.45, 2.75) is 0 Å². The van der Waals surface area contributed by atoms with Gasteiger partial charge in [-0.2, -0.15) is 0 Å². The zero-order valence-corrected chi connectivity index (χ0v) is 28.6. The van der Waals surface area contributed by atoms with Gasteiger partial charge in [0.05, 0.1) is 0 Å². The van der Waals surface area contributed by atoms with Gasteiger partial charge in [-0.25, -0.2) is 0 Å². The summed E-state index contributed by atoms with van der Waals surface area (Å²) in [4.78, 5) is 0. The molecule has 0 N–H and O–H groups in total. The molecule has 0 amide bonds. The molecule has 0 fully saturated rings. The fraction of sp³-hybridized carbons (Fsp3) is 0. The molecule has 0 aliphatic carbocycles. The molecule has 2 heterocycles. The second-order valence-electron chi connectivity index (χ2n) is 13.1. The molecule has 0 bridgehead atoms. The van der Waals surface area contributed by atoms with Crippen LogP contribution in [0.15, 0.2) is 170 Å². The molecule has 0 aliphatic rings. The van der Waals surface area contributed by atoms with Crippen molar-refractivity contribution in [3.63, 3.8) is 0 Å².